The summed E-state index contributed by atoms with van der Waals surface area (Å²) in [5.74, 6) is 0.00928. The number of H-pyrrole nitrogens is 1. The molecule has 0 unspecified atom stereocenters. The van der Waals surface area contributed by atoms with Crippen LogP contribution in [0.4, 0.5) is 10.3 Å². The Morgan fingerprint density at radius 3 is 2.73 bits per heavy atom. The van der Waals surface area contributed by atoms with Crippen molar-refractivity contribution in [3.05, 3.63) is 64.5 Å². The van der Waals surface area contributed by atoms with E-state index in [0.717, 1.165) is 27.9 Å². The Kier molecular flexibility index (Phi) is 3.64. The fourth-order valence-corrected chi connectivity index (χ4v) is 3.25. The molecule has 0 atom stereocenters. The molecule has 0 amide bonds. The van der Waals surface area contributed by atoms with E-state index in [1.54, 1.807) is 29.3 Å². The number of nitrogens with zero attached hydrogens (tertiary/aromatic N) is 3. The molecule has 6 nitrogen and oxygen atoms in total. The molecule has 26 heavy (non-hydrogen) atoms. The minimum Gasteiger partial charge on any atom is -0.369 e. The fourth-order valence-electron chi connectivity index (χ4n) is 3.25. The molecule has 1 aliphatic carbocycles. The predicted molar refractivity (Wildman–Crippen MR) is 101 cm³/mol. The molecule has 7 heteroatoms. The van der Waals surface area contributed by atoms with Crippen molar-refractivity contribution in [2.75, 3.05) is 5.73 Å². The third-order valence-electron chi connectivity index (χ3n) is 4.63. The van der Waals surface area contributed by atoms with E-state index in [1.165, 1.54) is 12.2 Å². The van der Waals surface area contributed by atoms with E-state index in [9.17, 15) is 9.18 Å². The quantitative estimate of drug-likeness (QED) is 0.744. The number of nitrogen functional groups attached to an aromatic ring is 1. The van der Waals surface area contributed by atoms with E-state index in [4.69, 9.17) is 5.73 Å². The number of fused-ring (bicyclic) bond motifs is 1. The van der Waals surface area contributed by atoms with Gasteiger partial charge in [0.15, 0.2) is 5.95 Å². The van der Waals surface area contributed by atoms with E-state index in [1.807, 2.05) is 24.3 Å². The van der Waals surface area contributed by atoms with Crippen LogP contribution in [0.1, 0.15) is 12.1 Å². The summed E-state index contributed by atoms with van der Waals surface area (Å²) in [5.41, 5.74) is 10.5. The maximum atomic E-state index is 13.5. The van der Waals surface area contributed by atoms with Crippen LogP contribution in [-0.4, -0.2) is 19.1 Å². The molecule has 2 aromatic heterocycles. The summed E-state index contributed by atoms with van der Waals surface area (Å²) >= 11 is 0. The van der Waals surface area contributed by atoms with Crippen LogP contribution in [0.25, 0.3) is 27.9 Å². The van der Waals surface area contributed by atoms with Gasteiger partial charge in [-0.2, -0.15) is 0 Å². The minimum atomic E-state index is -0.272. The van der Waals surface area contributed by atoms with Crippen molar-refractivity contribution in [1.29, 1.82) is 0 Å². The molecule has 132 valence electrons. The number of nitrogens with two attached hydrogens (primary N) is 1. The Hall–Kier alpha value is -3.35. The third-order valence-corrected chi connectivity index (χ3v) is 4.63. The first-order chi connectivity index (χ1) is 12.5. The number of halogens is 1. The van der Waals surface area contributed by atoms with E-state index >= 15 is 0 Å². The Balaban J connectivity index is 1.88. The largest absolute Gasteiger partial charge is 0.369 e. The van der Waals surface area contributed by atoms with Crippen molar-refractivity contribution in [1.82, 2.24) is 19.1 Å². The van der Waals surface area contributed by atoms with Gasteiger partial charge < -0.3 is 10.7 Å². The zero-order chi connectivity index (χ0) is 18.4. The second kappa shape index (κ2) is 5.87. The first-order valence-electron chi connectivity index (χ1n) is 8.21. The lowest BCUT2D eigenvalue weighted by molar-refractivity contribution is 0.663. The van der Waals surface area contributed by atoms with Crippen LogP contribution in [0.5, 0.6) is 0 Å². The molecule has 0 radical (unpaired) electrons. The molecular weight excluding hydrogens is 333 g/mol. The average molecular weight is 351 g/mol. The van der Waals surface area contributed by atoms with Gasteiger partial charge in [-0.25, -0.2) is 14.2 Å². The molecule has 0 aliphatic heterocycles. The highest BCUT2D eigenvalue weighted by Gasteiger charge is 2.16. The van der Waals surface area contributed by atoms with E-state index < -0.39 is 0 Å². The third kappa shape index (κ3) is 2.48. The predicted octanol–water partition coefficient (Wildman–Crippen LogP) is 3.05. The molecule has 1 aliphatic rings. The van der Waals surface area contributed by atoms with E-state index in [2.05, 4.69) is 9.97 Å². The van der Waals surface area contributed by atoms with Gasteiger partial charge >= 0.3 is 5.69 Å². The van der Waals surface area contributed by atoms with Gasteiger partial charge in [0.2, 0.25) is 0 Å². The highest BCUT2D eigenvalue weighted by atomic mass is 19.1. The van der Waals surface area contributed by atoms with Crippen LogP contribution < -0.4 is 11.4 Å². The molecule has 3 aromatic rings. The molecular formula is C19H18FN5O. The molecule has 0 spiro atoms. The van der Waals surface area contributed by atoms with Gasteiger partial charge in [0, 0.05) is 19.7 Å². The number of nitrogens with one attached hydrogen (secondary N) is 1. The van der Waals surface area contributed by atoms with Crippen LogP contribution in [-0.2, 0) is 14.1 Å². The van der Waals surface area contributed by atoms with Crippen molar-refractivity contribution in [3.63, 3.8) is 0 Å². The number of rotatable bonds is 2. The zero-order valence-electron chi connectivity index (χ0n) is 14.5. The lowest BCUT2D eigenvalue weighted by atomic mass is 10.0. The van der Waals surface area contributed by atoms with Crippen molar-refractivity contribution < 1.29 is 4.39 Å². The van der Waals surface area contributed by atoms with Gasteiger partial charge in [0.05, 0.1) is 22.4 Å². The molecule has 0 bridgehead atoms. The Morgan fingerprint density at radius 2 is 1.92 bits per heavy atom. The van der Waals surface area contributed by atoms with Crippen LogP contribution in [0.3, 0.4) is 0 Å². The Labute approximate surface area is 148 Å². The fraction of sp³-hybridized carbons (Fsp3) is 0.158. The van der Waals surface area contributed by atoms with Crippen molar-refractivity contribution >= 4 is 22.6 Å². The molecule has 0 fully saturated rings. The number of aromatic amines is 1. The Morgan fingerprint density at radius 1 is 1.15 bits per heavy atom. The number of hydrogen-bond donors (Lipinski definition) is 2. The van der Waals surface area contributed by atoms with Crippen LogP contribution in [0, 0.1) is 0 Å². The Bertz CT molecular complexity index is 1170. The van der Waals surface area contributed by atoms with Gasteiger partial charge in [-0.05, 0) is 36.3 Å². The first kappa shape index (κ1) is 16.1. The lowest BCUT2D eigenvalue weighted by Gasteiger charge is -2.05. The smallest absolute Gasteiger partial charge is 0.328 e. The van der Waals surface area contributed by atoms with E-state index in [-0.39, 0.29) is 17.5 Å². The molecule has 1 aromatic carbocycles. The first-order valence-corrected chi connectivity index (χ1v) is 8.21. The monoisotopic (exact) mass is 351 g/mol. The topological polar surface area (TPSA) is 81.6 Å². The van der Waals surface area contributed by atoms with Gasteiger partial charge in [-0.1, -0.05) is 18.2 Å². The lowest BCUT2D eigenvalue weighted by Crippen LogP contribution is -2.19. The van der Waals surface area contributed by atoms with E-state index in [0.29, 0.717) is 12.1 Å². The van der Waals surface area contributed by atoms with Gasteiger partial charge in [0.25, 0.3) is 0 Å². The summed E-state index contributed by atoms with van der Waals surface area (Å²) in [4.78, 5) is 19.6. The number of allylic oxidation sites excluding steroid dienone is 6. The zero-order valence-corrected chi connectivity index (χ0v) is 14.5. The maximum absolute atomic E-state index is 13.5. The summed E-state index contributed by atoms with van der Waals surface area (Å²) in [7, 11) is 3.48. The summed E-state index contributed by atoms with van der Waals surface area (Å²) < 4.78 is 16.7. The standard InChI is InChI=1S/C19H18FN5O/c1-24-14-9-7-12(10-15(14)25(2)19(24)26)17-16(22-18(21)23-17)11-4-3-5-13(20)8-6-11/h4-10H,3H2,1-2H3,(H3,21,22,23). The average Bonchev–Trinajstić information content (AvgIpc) is 3.01. The van der Waals surface area contributed by atoms with Gasteiger partial charge in [-0.3, -0.25) is 9.13 Å². The SMILES string of the molecule is Cn1c(=O)n(C)c2cc(-c3nc(N)[nH]c3C3=CCC=C(F)C=C3)ccc21. The number of benzene rings is 1. The van der Waals surface area contributed by atoms with Crippen molar-refractivity contribution in [2.24, 2.45) is 14.1 Å². The summed E-state index contributed by atoms with van der Waals surface area (Å²) in [6, 6.07) is 5.70. The molecule has 2 heterocycles. The molecule has 0 saturated heterocycles. The van der Waals surface area contributed by atoms with Gasteiger partial charge in [-0.15, -0.1) is 0 Å². The van der Waals surface area contributed by atoms with Crippen molar-refractivity contribution in [3.8, 4) is 11.3 Å². The maximum Gasteiger partial charge on any atom is 0.328 e. The number of hydrogen-bond acceptors (Lipinski definition) is 3. The number of imidazole rings is 2. The molecule has 0 saturated carbocycles. The normalized spacial score (nSPS) is 14.4. The van der Waals surface area contributed by atoms with Gasteiger partial charge in [0.1, 0.15) is 5.83 Å². The number of aromatic nitrogens is 4. The second-order valence-electron chi connectivity index (χ2n) is 6.27. The van der Waals surface area contributed by atoms with Crippen molar-refractivity contribution in [2.45, 2.75) is 6.42 Å². The molecule has 4 rings (SSSR count). The minimum absolute atomic E-state index is 0.0881. The summed E-state index contributed by atoms with van der Waals surface area (Å²) in [6.45, 7) is 0. The van der Waals surface area contributed by atoms with Crippen LogP contribution in [0.2, 0.25) is 0 Å². The van der Waals surface area contributed by atoms with Crippen LogP contribution >= 0.6 is 0 Å². The number of anilines is 1. The number of aryl methyl sites for hydroxylation is 2. The highest BCUT2D eigenvalue weighted by Crippen LogP contribution is 2.31. The summed E-state index contributed by atoms with van der Waals surface area (Å²) in [6.07, 6.45) is 7.03. The van der Waals surface area contributed by atoms with Crippen LogP contribution in [0.15, 0.2) is 53.1 Å². The highest BCUT2D eigenvalue weighted by molar-refractivity contribution is 5.87. The molecule has 3 N–H and O–H groups in total. The second-order valence-corrected chi connectivity index (χ2v) is 6.27. The summed E-state index contributed by atoms with van der Waals surface area (Å²) in [5, 5.41) is 0.